The molecule has 0 aliphatic heterocycles. The minimum atomic E-state index is -0.132. The van der Waals surface area contributed by atoms with E-state index in [4.69, 9.17) is 9.15 Å². The summed E-state index contributed by atoms with van der Waals surface area (Å²) < 4.78 is 12.7. The fourth-order valence-corrected chi connectivity index (χ4v) is 3.36. The van der Waals surface area contributed by atoms with Crippen LogP contribution in [0.15, 0.2) is 58.3 Å². The summed E-state index contributed by atoms with van der Waals surface area (Å²) in [6, 6.07) is 13.2. The third-order valence-electron chi connectivity index (χ3n) is 4.28. The van der Waals surface area contributed by atoms with Gasteiger partial charge in [0.05, 0.1) is 25.1 Å². The number of amides is 1. The van der Waals surface area contributed by atoms with Gasteiger partial charge in [-0.3, -0.25) is 4.79 Å². The van der Waals surface area contributed by atoms with Crippen LogP contribution < -0.4 is 10.1 Å². The highest BCUT2D eigenvalue weighted by Crippen LogP contribution is 2.24. The highest BCUT2D eigenvalue weighted by molar-refractivity contribution is 7.99. The second kappa shape index (κ2) is 8.36. The van der Waals surface area contributed by atoms with Gasteiger partial charge < -0.3 is 18.9 Å². The Hall–Kier alpha value is -3.33. The molecule has 1 N–H and O–H groups in total. The summed E-state index contributed by atoms with van der Waals surface area (Å²) in [4.78, 5) is 16.7. The number of fused-ring (bicyclic) bond motifs is 1. The van der Waals surface area contributed by atoms with Crippen LogP contribution in [-0.4, -0.2) is 38.4 Å². The van der Waals surface area contributed by atoms with E-state index in [9.17, 15) is 4.79 Å². The average Bonchev–Trinajstić information content (AvgIpc) is 3.38. The van der Waals surface area contributed by atoms with Gasteiger partial charge in [0.1, 0.15) is 11.4 Å². The van der Waals surface area contributed by atoms with Crippen LogP contribution >= 0.6 is 11.8 Å². The third-order valence-corrected chi connectivity index (χ3v) is 5.10. The van der Waals surface area contributed by atoms with Gasteiger partial charge in [-0.1, -0.05) is 17.8 Å². The Kier molecular flexibility index (Phi) is 5.48. The maximum absolute atomic E-state index is 12.1. The predicted octanol–water partition coefficient (Wildman–Crippen LogP) is 3.11. The SMILES string of the molecule is COc1ccc(-c2nnc(SCC(=O)NCc3cn4c(C)cccc4n3)o2)cc1. The van der Waals surface area contributed by atoms with Crippen molar-refractivity contribution in [3.05, 3.63) is 60.0 Å². The lowest BCUT2D eigenvalue weighted by Crippen LogP contribution is -2.24. The lowest BCUT2D eigenvalue weighted by molar-refractivity contribution is -0.118. The summed E-state index contributed by atoms with van der Waals surface area (Å²) in [6.07, 6.45) is 1.93. The van der Waals surface area contributed by atoms with Crippen LogP contribution in [0.3, 0.4) is 0 Å². The predicted molar refractivity (Wildman–Crippen MR) is 109 cm³/mol. The Morgan fingerprint density at radius 1 is 1.21 bits per heavy atom. The second-order valence-corrected chi connectivity index (χ2v) is 7.22. The maximum Gasteiger partial charge on any atom is 0.277 e. The monoisotopic (exact) mass is 409 g/mol. The number of nitrogens with zero attached hydrogens (tertiary/aromatic N) is 4. The molecule has 0 unspecified atom stereocenters. The molecule has 29 heavy (non-hydrogen) atoms. The van der Waals surface area contributed by atoms with Gasteiger partial charge in [-0.05, 0) is 43.3 Å². The van der Waals surface area contributed by atoms with Crippen molar-refractivity contribution in [2.45, 2.75) is 18.7 Å². The molecule has 0 fully saturated rings. The van der Waals surface area contributed by atoms with Crippen molar-refractivity contribution >= 4 is 23.3 Å². The lowest BCUT2D eigenvalue weighted by Gasteiger charge is -2.01. The van der Waals surface area contributed by atoms with E-state index < -0.39 is 0 Å². The van der Waals surface area contributed by atoms with Crippen LogP contribution in [0.25, 0.3) is 17.1 Å². The number of thioether (sulfide) groups is 1. The first kappa shape index (κ1) is 19.0. The fraction of sp³-hybridized carbons (Fsp3) is 0.200. The highest BCUT2D eigenvalue weighted by Gasteiger charge is 2.12. The van der Waals surface area contributed by atoms with Gasteiger partial charge in [0.25, 0.3) is 5.22 Å². The summed E-state index contributed by atoms with van der Waals surface area (Å²) in [7, 11) is 1.61. The van der Waals surface area contributed by atoms with Crippen molar-refractivity contribution in [1.29, 1.82) is 0 Å². The zero-order chi connectivity index (χ0) is 20.2. The number of nitrogens with one attached hydrogen (secondary N) is 1. The summed E-state index contributed by atoms with van der Waals surface area (Å²) >= 11 is 1.19. The van der Waals surface area contributed by atoms with Gasteiger partial charge in [0.15, 0.2) is 0 Å². The number of methoxy groups -OCH3 is 1. The molecule has 1 aromatic carbocycles. The number of hydrogen-bond acceptors (Lipinski definition) is 7. The smallest absolute Gasteiger partial charge is 0.277 e. The molecule has 3 aromatic heterocycles. The zero-order valence-electron chi connectivity index (χ0n) is 16.0. The molecule has 4 aromatic rings. The van der Waals surface area contributed by atoms with Gasteiger partial charge in [0.2, 0.25) is 11.8 Å². The first-order valence-electron chi connectivity index (χ1n) is 8.93. The normalized spacial score (nSPS) is 11.0. The van der Waals surface area contributed by atoms with Crippen LogP contribution in [0.4, 0.5) is 0 Å². The van der Waals surface area contributed by atoms with E-state index in [2.05, 4.69) is 20.5 Å². The van der Waals surface area contributed by atoms with E-state index in [0.717, 1.165) is 28.3 Å². The van der Waals surface area contributed by atoms with E-state index in [1.54, 1.807) is 7.11 Å². The van der Waals surface area contributed by atoms with E-state index in [1.807, 2.05) is 60.0 Å². The molecule has 148 valence electrons. The lowest BCUT2D eigenvalue weighted by atomic mass is 10.2. The van der Waals surface area contributed by atoms with Crippen LogP contribution in [-0.2, 0) is 11.3 Å². The van der Waals surface area contributed by atoms with Gasteiger partial charge in [0, 0.05) is 17.5 Å². The van der Waals surface area contributed by atoms with Crippen LogP contribution in [0, 0.1) is 6.92 Å². The molecule has 4 rings (SSSR count). The molecule has 0 bridgehead atoms. The van der Waals surface area contributed by atoms with E-state index in [0.29, 0.717) is 17.7 Å². The van der Waals surface area contributed by atoms with Gasteiger partial charge in [-0.15, -0.1) is 10.2 Å². The number of carbonyl (C=O) groups is 1. The number of pyridine rings is 1. The van der Waals surface area contributed by atoms with E-state index in [1.165, 1.54) is 11.8 Å². The average molecular weight is 409 g/mol. The molecular weight excluding hydrogens is 390 g/mol. The molecule has 0 aliphatic rings. The minimum Gasteiger partial charge on any atom is -0.497 e. The number of imidazole rings is 1. The molecule has 0 aliphatic carbocycles. The zero-order valence-corrected chi connectivity index (χ0v) is 16.8. The van der Waals surface area contributed by atoms with Gasteiger partial charge in [-0.25, -0.2) is 4.98 Å². The number of benzene rings is 1. The molecule has 8 nitrogen and oxygen atoms in total. The summed E-state index contributed by atoms with van der Waals surface area (Å²) in [5, 5.41) is 11.2. The van der Waals surface area contributed by atoms with Crippen molar-refractivity contribution in [1.82, 2.24) is 24.9 Å². The number of rotatable bonds is 7. The molecule has 9 heteroatoms. The standard InChI is InChI=1S/C20H19N5O3S/c1-13-4-3-5-17-22-15(11-25(13)17)10-21-18(26)12-29-20-24-23-19(28-20)14-6-8-16(27-2)9-7-14/h3-9,11H,10,12H2,1-2H3,(H,21,26). The van der Waals surface area contributed by atoms with E-state index in [-0.39, 0.29) is 11.7 Å². The Labute approximate surface area is 171 Å². The molecule has 0 saturated carbocycles. The Morgan fingerprint density at radius 3 is 2.79 bits per heavy atom. The summed E-state index contributed by atoms with van der Waals surface area (Å²) in [5.41, 5.74) is 3.54. The largest absolute Gasteiger partial charge is 0.497 e. The molecule has 0 radical (unpaired) electrons. The molecule has 3 heterocycles. The van der Waals surface area contributed by atoms with Crippen molar-refractivity contribution in [2.24, 2.45) is 0 Å². The minimum absolute atomic E-state index is 0.132. The Balaban J connectivity index is 1.30. The maximum atomic E-state index is 12.1. The van der Waals surface area contributed by atoms with Crippen LogP contribution in [0.2, 0.25) is 0 Å². The first-order chi connectivity index (χ1) is 14.1. The van der Waals surface area contributed by atoms with Crippen molar-refractivity contribution in [3.8, 4) is 17.2 Å². The van der Waals surface area contributed by atoms with Crippen LogP contribution in [0.1, 0.15) is 11.4 Å². The number of aromatic nitrogens is 4. The van der Waals surface area contributed by atoms with Gasteiger partial charge >= 0.3 is 0 Å². The topological polar surface area (TPSA) is 94.5 Å². The summed E-state index contributed by atoms with van der Waals surface area (Å²) in [6.45, 7) is 2.37. The number of hydrogen-bond donors (Lipinski definition) is 1. The molecular formula is C20H19N5O3S. The fourth-order valence-electron chi connectivity index (χ4n) is 2.77. The molecule has 1 amide bonds. The van der Waals surface area contributed by atoms with Gasteiger partial charge in [-0.2, -0.15) is 0 Å². The van der Waals surface area contributed by atoms with Crippen molar-refractivity contribution in [2.75, 3.05) is 12.9 Å². The number of ether oxygens (including phenoxy) is 1. The van der Waals surface area contributed by atoms with Crippen molar-refractivity contribution in [3.63, 3.8) is 0 Å². The quantitative estimate of drug-likeness (QED) is 0.469. The molecule has 0 spiro atoms. The molecule has 0 saturated heterocycles. The third kappa shape index (κ3) is 4.40. The Morgan fingerprint density at radius 2 is 2.03 bits per heavy atom. The van der Waals surface area contributed by atoms with E-state index >= 15 is 0 Å². The highest BCUT2D eigenvalue weighted by atomic mass is 32.2. The van der Waals surface area contributed by atoms with Crippen LogP contribution in [0.5, 0.6) is 5.75 Å². The Bertz CT molecular complexity index is 1140. The number of carbonyl (C=O) groups excluding carboxylic acids is 1. The second-order valence-electron chi connectivity index (χ2n) is 6.29. The first-order valence-corrected chi connectivity index (χ1v) is 9.92. The summed E-state index contributed by atoms with van der Waals surface area (Å²) in [5.74, 6) is 1.19. The number of aryl methyl sites for hydroxylation is 1. The van der Waals surface area contributed by atoms with Crippen molar-refractivity contribution < 1.29 is 13.9 Å². The molecule has 0 atom stereocenters.